The maximum atomic E-state index is 13.2. The topological polar surface area (TPSA) is 110 Å². The highest BCUT2D eigenvalue weighted by Crippen LogP contribution is 2.36. The second-order valence-corrected chi connectivity index (χ2v) is 11.7. The van der Waals surface area contributed by atoms with Crippen LogP contribution in [0.15, 0.2) is 52.4 Å². The van der Waals surface area contributed by atoms with E-state index in [0.29, 0.717) is 29.9 Å². The summed E-state index contributed by atoms with van der Waals surface area (Å²) in [5.74, 6) is 0.824. The molecule has 4 heterocycles. The minimum atomic E-state index is -0.784. The number of aliphatic hydroxyl groups is 1. The summed E-state index contributed by atoms with van der Waals surface area (Å²) >= 11 is 0. The van der Waals surface area contributed by atoms with Crippen LogP contribution in [0.3, 0.4) is 0 Å². The Hall–Kier alpha value is -3.95. The molecule has 0 unspecified atom stereocenters. The Labute approximate surface area is 246 Å². The number of rotatable bonds is 11. The van der Waals surface area contributed by atoms with Crippen LogP contribution in [0, 0.1) is 13.8 Å². The van der Waals surface area contributed by atoms with E-state index < -0.39 is 6.10 Å². The Morgan fingerprint density at radius 2 is 1.90 bits per heavy atom. The van der Waals surface area contributed by atoms with Crippen molar-refractivity contribution in [3.8, 4) is 5.75 Å². The molecule has 3 aromatic rings. The Kier molecular flexibility index (Phi) is 8.13. The molecule has 0 radical (unpaired) electrons. The summed E-state index contributed by atoms with van der Waals surface area (Å²) in [5.41, 5.74) is 7.13. The van der Waals surface area contributed by atoms with E-state index in [2.05, 4.69) is 15.2 Å². The number of aliphatic imine (C=N–C) groups is 1. The van der Waals surface area contributed by atoms with Crippen molar-refractivity contribution in [1.29, 1.82) is 0 Å². The van der Waals surface area contributed by atoms with Gasteiger partial charge in [-0.15, -0.1) is 0 Å². The van der Waals surface area contributed by atoms with Gasteiger partial charge in [-0.2, -0.15) is 0 Å². The average Bonchev–Trinajstić information content (AvgIpc) is 3.70. The van der Waals surface area contributed by atoms with Gasteiger partial charge in [0.05, 0.1) is 22.6 Å². The summed E-state index contributed by atoms with van der Waals surface area (Å²) in [6.07, 6.45) is 4.80. The summed E-state index contributed by atoms with van der Waals surface area (Å²) in [5, 5.41) is 13.8. The number of carbonyl (C=O) groups excluding carboxylic acids is 1. The van der Waals surface area contributed by atoms with Gasteiger partial charge in [-0.3, -0.25) is 14.6 Å². The standard InChI is InChI=1S/C33H39N5O4/c1-21-6-7-30(22(2)14-21)42-20-25(39)18-35-27-8-9-34-32(40)31(27)29-16-23-15-26-24(17-28(23)36-29)19-38(33(26)41)13-5-12-37-10-3-4-11-37/h6-9,14-15,17,25,39H,3-5,10-13,16,18-20H2,1-2H3,(H2,34,35,40)/t25-/m1/s1. The van der Waals surface area contributed by atoms with Gasteiger partial charge in [-0.05, 0) is 93.7 Å². The van der Waals surface area contributed by atoms with Crippen molar-refractivity contribution in [1.82, 2.24) is 14.8 Å². The highest BCUT2D eigenvalue weighted by atomic mass is 16.5. The first-order valence-corrected chi connectivity index (χ1v) is 14.9. The zero-order chi connectivity index (χ0) is 29.2. The lowest BCUT2D eigenvalue weighted by atomic mass is 10.00. The molecule has 0 spiro atoms. The average molecular weight is 570 g/mol. The second kappa shape index (κ2) is 12.1. The Morgan fingerprint density at radius 1 is 1.07 bits per heavy atom. The summed E-state index contributed by atoms with van der Waals surface area (Å²) in [6.45, 7) is 9.09. The fourth-order valence-corrected chi connectivity index (χ4v) is 6.23. The van der Waals surface area contributed by atoms with Gasteiger partial charge in [-0.1, -0.05) is 17.7 Å². The molecule has 0 aliphatic carbocycles. The van der Waals surface area contributed by atoms with Crippen molar-refractivity contribution in [2.24, 2.45) is 4.99 Å². The number of pyridine rings is 1. The number of carbonyl (C=O) groups is 1. The van der Waals surface area contributed by atoms with Crippen molar-refractivity contribution < 1.29 is 14.6 Å². The van der Waals surface area contributed by atoms with E-state index in [0.717, 1.165) is 58.8 Å². The summed E-state index contributed by atoms with van der Waals surface area (Å²) in [7, 11) is 0. The number of aryl methyl sites for hydroxylation is 2. The lowest BCUT2D eigenvalue weighted by Gasteiger charge is -2.19. The molecule has 0 bridgehead atoms. The van der Waals surface area contributed by atoms with Crippen LogP contribution < -0.4 is 15.6 Å². The number of aromatic nitrogens is 1. The van der Waals surface area contributed by atoms with Gasteiger partial charge in [0, 0.05) is 37.8 Å². The Bertz CT molecular complexity index is 1570. The van der Waals surface area contributed by atoms with Crippen molar-refractivity contribution in [3.63, 3.8) is 0 Å². The van der Waals surface area contributed by atoms with Gasteiger partial charge in [0.2, 0.25) is 0 Å². The molecule has 220 valence electrons. The first kappa shape index (κ1) is 28.2. The van der Waals surface area contributed by atoms with Crippen molar-refractivity contribution in [2.45, 2.75) is 52.2 Å². The molecule has 9 nitrogen and oxygen atoms in total. The number of likely N-dealkylation sites (tertiary alicyclic amines) is 1. The van der Waals surface area contributed by atoms with Gasteiger partial charge >= 0.3 is 0 Å². The maximum absolute atomic E-state index is 13.2. The first-order valence-electron chi connectivity index (χ1n) is 14.9. The summed E-state index contributed by atoms with van der Waals surface area (Å²) in [4.78, 5) is 38.2. The summed E-state index contributed by atoms with van der Waals surface area (Å²) in [6, 6.07) is 11.7. The normalized spacial score (nSPS) is 16.9. The molecule has 1 atom stereocenters. The number of hydrogen-bond acceptors (Lipinski definition) is 7. The molecule has 1 amide bonds. The highest BCUT2D eigenvalue weighted by Gasteiger charge is 2.31. The van der Waals surface area contributed by atoms with Gasteiger partial charge in [0.25, 0.3) is 11.5 Å². The van der Waals surface area contributed by atoms with Crippen LogP contribution in [-0.4, -0.2) is 76.9 Å². The highest BCUT2D eigenvalue weighted by molar-refractivity contribution is 6.10. The quantitative estimate of drug-likeness (QED) is 0.323. The van der Waals surface area contributed by atoms with E-state index in [4.69, 9.17) is 9.73 Å². The fraction of sp³-hybridized carbons (Fsp3) is 0.424. The minimum absolute atomic E-state index is 0.0830. The Morgan fingerprint density at radius 3 is 2.71 bits per heavy atom. The molecule has 3 aliphatic heterocycles. The number of aromatic amines is 1. The van der Waals surface area contributed by atoms with E-state index in [9.17, 15) is 14.7 Å². The molecule has 1 fully saturated rings. The Balaban J connectivity index is 1.10. The molecular weight excluding hydrogens is 530 g/mol. The van der Waals surface area contributed by atoms with Crippen LogP contribution in [-0.2, 0) is 13.0 Å². The molecule has 9 heteroatoms. The molecule has 2 aromatic carbocycles. The lowest BCUT2D eigenvalue weighted by Crippen LogP contribution is -2.29. The monoisotopic (exact) mass is 569 g/mol. The number of H-pyrrole nitrogens is 1. The van der Waals surface area contributed by atoms with Crippen molar-refractivity contribution >= 4 is 23.0 Å². The van der Waals surface area contributed by atoms with Gasteiger partial charge in [0.15, 0.2) is 0 Å². The third-order valence-corrected chi connectivity index (χ3v) is 8.44. The smallest absolute Gasteiger partial charge is 0.259 e. The van der Waals surface area contributed by atoms with E-state index in [1.54, 1.807) is 12.3 Å². The van der Waals surface area contributed by atoms with Crippen LogP contribution in [0.5, 0.6) is 5.75 Å². The number of benzene rings is 2. The number of nitrogens with one attached hydrogen (secondary N) is 2. The zero-order valence-electron chi connectivity index (χ0n) is 24.4. The third-order valence-electron chi connectivity index (χ3n) is 8.44. The number of fused-ring (bicyclic) bond motifs is 2. The number of hydrogen-bond donors (Lipinski definition) is 3. The number of amides is 1. The van der Waals surface area contributed by atoms with Gasteiger partial charge in [-0.25, -0.2) is 0 Å². The minimum Gasteiger partial charge on any atom is -0.491 e. The van der Waals surface area contributed by atoms with E-state index in [-0.39, 0.29) is 24.6 Å². The van der Waals surface area contributed by atoms with Crippen LogP contribution in [0.2, 0.25) is 0 Å². The summed E-state index contributed by atoms with van der Waals surface area (Å²) < 4.78 is 5.82. The number of ether oxygens (including phenoxy) is 1. The van der Waals surface area contributed by atoms with Crippen LogP contribution in [0.25, 0.3) is 0 Å². The van der Waals surface area contributed by atoms with E-state index >= 15 is 0 Å². The zero-order valence-corrected chi connectivity index (χ0v) is 24.4. The van der Waals surface area contributed by atoms with E-state index in [1.807, 2.05) is 49.1 Å². The third kappa shape index (κ3) is 5.98. The van der Waals surface area contributed by atoms with Gasteiger partial charge < -0.3 is 29.9 Å². The second-order valence-electron chi connectivity index (χ2n) is 11.7. The largest absolute Gasteiger partial charge is 0.491 e. The molecule has 6 rings (SSSR count). The van der Waals surface area contributed by atoms with Crippen LogP contribution in [0.4, 0.5) is 11.4 Å². The fourth-order valence-electron chi connectivity index (χ4n) is 6.23. The molecule has 3 aliphatic rings. The van der Waals surface area contributed by atoms with Crippen molar-refractivity contribution in [2.75, 3.05) is 44.6 Å². The number of anilines is 1. The molecular formula is C33H39N5O4. The van der Waals surface area contributed by atoms with Gasteiger partial charge in [0.1, 0.15) is 18.5 Å². The predicted octanol–water partition coefficient (Wildman–Crippen LogP) is 3.96. The van der Waals surface area contributed by atoms with E-state index in [1.165, 1.54) is 25.9 Å². The maximum Gasteiger partial charge on any atom is 0.259 e. The molecule has 1 saturated heterocycles. The van der Waals surface area contributed by atoms with Crippen molar-refractivity contribution in [3.05, 3.63) is 86.3 Å². The molecule has 3 N–H and O–H groups in total. The first-order chi connectivity index (χ1) is 20.4. The SMILES string of the molecule is Cc1ccc(OC[C@H](O)CNc2cc[nH]c(=O)c2C2=Nc3cc4c(cc3C2)C(=O)N(CCCN2CCCC2)C4)c(C)c1. The number of aliphatic hydroxyl groups excluding tert-OH is 1. The molecule has 0 saturated carbocycles. The van der Waals surface area contributed by atoms with Crippen LogP contribution in [0.1, 0.15) is 57.4 Å². The van der Waals surface area contributed by atoms with Crippen LogP contribution >= 0.6 is 0 Å². The molecule has 1 aromatic heterocycles. The number of nitrogens with zero attached hydrogens (tertiary/aromatic N) is 3. The predicted molar refractivity (Wildman–Crippen MR) is 164 cm³/mol. The lowest BCUT2D eigenvalue weighted by molar-refractivity contribution is 0.0772. The molecule has 42 heavy (non-hydrogen) atoms.